The van der Waals surface area contributed by atoms with Crippen LogP contribution >= 0.6 is 0 Å². The summed E-state index contributed by atoms with van der Waals surface area (Å²) in [6.45, 7) is -3.96. The van der Waals surface area contributed by atoms with E-state index in [0.29, 0.717) is 6.54 Å². The van der Waals surface area contributed by atoms with Crippen LogP contribution in [0, 0.1) is 0 Å². The summed E-state index contributed by atoms with van der Waals surface area (Å²) >= 11 is 0. The highest BCUT2D eigenvalue weighted by Crippen LogP contribution is 2.16. The molecule has 1 aliphatic heterocycles. The zero-order valence-electron chi connectivity index (χ0n) is 13.7. The topological polar surface area (TPSA) is 38.1 Å². The van der Waals surface area contributed by atoms with Crippen molar-refractivity contribution in [1.82, 2.24) is 9.78 Å². The number of aromatic nitrogens is 2. The lowest BCUT2D eigenvalue weighted by Crippen LogP contribution is -2.20. The quantitative estimate of drug-likeness (QED) is 0.826. The van der Waals surface area contributed by atoms with Crippen molar-refractivity contribution in [3.8, 4) is 0 Å². The number of benzene rings is 1. The molecule has 4 nitrogen and oxygen atoms in total. The molecular formula is C14H15N3O. The van der Waals surface area contributed by atoms with Crippen molar-refractivity contribution in [1.29, 1.82) is 0 Å². The second-order valence-electron chi connectivity index (χ2n) is 4.06. The van der Waals surface area contributed by atoms with E-state index in [4.69, 9.17) is 5.48 Å². The number of Topliss-reactive ketones (excluding diaryl/α,β-unsaturated/α-hetero) is 1. The Morgan fingerprint density at radius 3 is 2.83 bits per heavy atom. The Balaban J connectivity index is 1.89. The second-order valence-corrected chi connectivity index (χ2v) is 4.06. The highest BCUT2D eigenvalue weighted by Gasteiger charge is 2.21. The van der Waals surface area contributed by atoms with Gasteiger partial charge in [-0.25, -0.2) is 0 Å². The second kappa shape index (κ2) is 4.64. The van der Waals surface area contributed by atoms with Gasteiger partial charge in [-0.1, -0.05) is 30.3 Å². The van der Waals surface area contributed by atoms with E-state index in [-0.39, 0.29) is 5.82 Å². The van der Waals surface area contributed by atoms with Crippen molar-refractivity contribution in [3.05, 3.63) is 48.2 Å². The first-order chi connectivity index (χ1) is 10.3. The van der Waals surface area contributed by atoms with Gasteiger partial charge in [0.05, 0.1) is 15.8 Å². The van der Waals surface area contributed by atoms with Crippen molar-refractivity contribution in [2.75, 3.05) is 17.9 Å². The van der Waals surface area contributed by atoms with E-state index >= 15 is 0 Å². The number of nitrogens with zero attached hydrogens (tertiary/aromatic N) is 3. The average molecular weight is 245 g/mol. The molecule has 18 heavy (non-hydrogen) atoms. The molecule has 0 bridgehead atoms. The number of carbonyl (C=O) groups is 1. The molecule has 0 atom stereocenters. The van der Waals surface area contributed by atoms with Gasteiger partial charge in [-0.2, -0.15) is 5.10 Å². The Kier molecular flexibility index (Phi) is 1.90. The van der Waals surface area contributed by atoms with Crippen LogP contribution in [0.15, 0.2) is 42.6 Å². The summed E-state index contributed by atoms with van der Waals surface area (Å²) in [6.07, 6.45) is 1.17. The number of hydrogen-bond donors (Lipinski definition) is 0. The van der Waals surface area contributed by atoms with E-state index in [1.807, 2.05) is 30.3 Å². The van der Waals surface area contributed by atoms with Crippen LogP contribution in [0.3, 0.4) is 0 Å². The van der Waals surface area contributed by atoms with E-state index in [1.165, 1.54) is 6.07 Å². The molecule has 0 radical (unpaired) electrons. The molecule has 0 unspecified atom stereocenters. The van der Waals surface area contributed by atoms with Gasteiger partial charge in [-0.15, -0.1) is 0 Å². The monoisotopic (exact) mass is 245 g/mol. The highest BCUT2D eigenvalue weighted by atomic mass is 16.1. The van der Waals surface area contributed by atoms with E-state index in [1.54, 1.807) is 10.9 Å². The summed E-state index contributed by atoms with van der Waals surface area (Å²) in [5, 5.41) is 4.22. The Labute approximate surface area is 111 Å². The highest BCUT2D eigenvalue weighted by molar-refractivity contribution is 5.86. The fraction of sp³-hybridized carbons (Fsp3) is 0.286. The zero-order chi connectivity index (χ0) is 16.0. The molecule has 1 saturated heterocycles. The van der Waals surface area contributed by atoms with Crippen LogP contribution in [0.25, 0.3) is 0 Å². The van der Waals surface area contributed by atoms with E-state index in [0.717, 1.165) is 10.5 Å². The van der Waals surface area contributed by atoms with Crippen molar-refractivity contribution in [3.63, 3.8) is 0 Å². The molecule has 0 saturated carbocycles. The van der Waals surface area contributed by atoms with Crippen molar-refractivity contribution >= 4 is 11.6 Å². The average Bonchev–Trinajstić information content (AvgIpc) is 2.92. The van der Waals surface area contributed by atoms with Gasteiger partial charge in [0.25, 0.3) is 0 Å². The summed E-state index contributed by atoms with van der Waals surface area (Å²) in [5.74, 6) is -0.646. The minimum absolute atomic E-state index is 0.122. The third-order valence-electron chi connectivity index (χ3n) is 2.68. The maximum atomic E-state index is 11.7. The van der Waals surface area contributed by atoms with Gasteiger partial charge in [0.15, 0.2) is 11.6 Å². The molecule has 2 heterocycles. The number of carbonyl (C=O) groups excluding carboxylic acids is 1. The minimum Gasteiger partial charge on any atom is -0.347 e. The third kappa shape index (κ3) is 2.27. The van der Waals surface area contributed by atoms with Gasteiger partial charge in [-0.3, -0.25) is 9.48 Å². The van der Waals surface area contributed by atoms with Gasteiger partial charge in [0.1, 0.15) is 0 Å². The summed E-state index contributed by atoms with van der Waals surface area (Å²) in [6, 6.07) is 11.2. The van der Waals surface area contributed by atoms with Crippen LogP contribution in [-0.4, -0.2) is 28.6 Å². The standard InChI is InChI=1S/C14H15N3O/c18-13-6-8-16(11-13)14-7-9-17(15-14)10-12-4-2-1-3-5-12/h1-5,7,9H,6,8,10-11H2/i8D2,11D2. The van der Waals surface area contributed by atoms with Gasteiger partial charge in [-0.05, 0) is 5.56 Å². The molecule has 0 amide bonds. The lowest BCUT2D eigenvalue weighted by atomic mass is 10.2. The fourth-order valence-electron chi connectivity index (χ4n) is 1.82. The molecule has 0 N–H and O–H groups in total. The Hall–Kier alpha value is -2.10. The summed E-state index contributed by atoms with van der Waals surface area (Å²) in [4.78, 5) is 12.5. The SMILES string of the molecule is [2H]C1([2H])CC(=O)C([2H])([2H])N1c1ccn(Cc2ccccc2)n1. The number of anilines is 1. The smallest absolute Gasteiger partial charge is 0.153 e. The lowest BCUT2D eigenvalue weighted by Gasteiger charge is -2.12. The van der Waals surface area contributed by atoms with Crippen molar-refractivity contribution in [2.24, 2.45) is 0 Å². The first-order valence-electron chi connectivity index (χ1n) is 7.72. The van der Waals surface area contributed by atoms with Crippen LogP contribution in [0.4, 0.5) is 5.82 Å². The van der Waals surface area contributed by atoms with E-state index in [9.17, 15) is 4.79 Å². The van der Waals surface area contributed by atoms with Gasteiger partial charge in [0.2, 0.25) is 0 Å². The molecule has 1 fully saturated rings. The minimum atomic E-state index is -2.38. The number of rotatable bonds is 3. The molecule has 1 aromatic carbocycles. The first-order valence-corrected chi connectivity index (χ1v) is 5.72. The van der Waals surface area contributed by atoms with Crippen LogP contribution in [0.5, 0.6) is 0 Å². The summed E-state index contributed by atoms with van der Waals surface area (Å²) in [5.41, 5.74) is 1.03. The molecular weight excluding hydrogens is 226 g/mol. The molecule has 4 heteroatoms. The zero-order valence-corrected chi connectivity index (χ0v) is 9.71. The molecule has 1 aromatic heterocycles. The maximum Gasteiger partial charge on any atom is 0.153 e. The molecule has 1 aliphatic rings. The maximum absolute atomic E-state index is 11.7. The van der Waals surface area contributed by atoms with E-state index < -0.39 is 25.2 Å². The van der Waals surface area contributed by atoms with Crippen molar-refractivity contribution in [2.45, 2.75) is 13.0 Å². The molecule has 2 aromatic rings. The Bertz CT molecular complexity index is 699. The van der Waals surface area contributed by atoms with Gasteiger partial charge >= 0.3 is 0 Å². The largest absolute Gasteiger partial charge is 0.347 e. The number of hydrogen-bond acceptors (Lipinski definition) is 3. The molecule has 0 aliphatic carbocycles. The van der Waals surface area contributed by atoms with Gasteiger partial charge < -0.3 is 4.90 Å². The summed E-state index contributed by atoms with van der Waals surface area (Å²) < 4.78 is 33.0. The van der Waals surface area contributed by atoms with Crippen LogP contribution in [0.1, 0.15) is 17.5 Å². The molecule has 92 valence electrons. The first kappa shape index (κ1) is 7.36. The van der Waals surface area contributed by atoms with Crippen molar-refractivity contribution < 1.29 is 10.3 Å². The summed E-state index contributed by atoms with van der Waals surface area (Å²) in [7, 11) is 0. The number of ketones is 1. The third-order valence-corrected chi connectivity index (χ3v) is 2.68. The Morgan fingerprint density at radius 1 is 1.28 bits per heavy atom. The fourth-order valence-corrected chi connectivity index (χ4v) is 1.82. The molecule has 3 rings (SSSR count). The van der Waals surface area contributed by atoms with Crippen LogP contribution in [0.2, 0.25) is 0 Å². The van der Waals surface area contributed by atoms with Crippen LogP contribution in [-0.2, 0) is 11.3 Å². The normalized spacial score (nSPS) is 24.2. The lowest BCUT2D eigenvalue weighted by molar-refractivity contribution is -0.116. The Morgan fingerprint density at radius 2 is 2.11 bits per heavy atom. The predicted octanol–water partition coefficient (Wildman–Crippen LogP) is 1.71. The molecule has 0 spiro atoms. The van der Waals surface area contributed by atoms with E-state index in [2.05, 4.69) is 5.10 Å². The predicted molar refractivity (Wildman–Crippen MR) is 69.6 cm³/mol. The van der Waals surface area contributed by atoms with Gasteiger partial charge in [0, 0.05) is 27.9 Å². The van der Waals surface area contributed by atoms with Crippen LogP contribution < -0.4 is 4.90 Å².